The third-order valence-corrected chi connectivity index (χ3v) is 9.37. The summed E-state index contributed by atoms with van der Waals surface area (Å²) in [7, 11) is -3.68. The predicted molar refractivity (Wildman–Crippen MR) is 128 cm³/mol. The van der Waals surface area contributed by atoms with Gasteiger partial charge in [-0.25, -0.2) is 4.79 Å². The second kappa shape index (κ2) is 8.99. The Kier molecular flexibility index (Phi) is 7.15. The third kappa shape index (κ3) is 5.52. The van der Waals surface area contributed by atoms with Crippen molar-refractivity contribution in [3.63, 3.8) is 0 Å². The highest BCUT2D eigenvalue weighted by molar-refractivity contribution is 8.14. The second-order valence-electron chi connectivity index (χ2n) is 9.78. The highest BCUT2D eigenvalue weighted by Crippen LogP contribution is 2.49. The molecule has 2 aliphatic rings. The van der Waals surface area contributed by atoms with Crippen molar-refractivity contribution < 1.29 is 23.5 Å². The Balaban J connectivity index is 1.83. The second-order valence-corrected chi connectivity index (χ2v) is 21.1. The van der Waals surface area contributed by atoms with E-state index in [9.17, 15) is 14.7 Å². The summed E-state index contributed by atoms with van der Waals surface area (Å²) in [4.78, 5) is 29.1. The zero-order chi connectivity index (χ0) is 22.3. The molecule has 1 aliphatic carbocycles. The molecule has 1 aromatic rings. The molecule has 3 rings (SSSR count). The summed E-state index contributed by atoms with van der Waals surface area (Å²) in [6.07, 6.45) is 0.848. The first-order valence-electron chi connectivity index (χ1n) is 10.1. The molecule has 0 saturated heterocycles. The molecule has 4 unspecified atom stereocenters. The molecule has 166 valence electrons. The summed E-state index contributed by atoms with van der Waals surface area (Å²) in [6.45, 7) is 12.5. The zero-order valence-corrected chi connectivity index (χ0v) is 22.0. The Morgan fingerprint density at radius 3 is 2.57 bits per heavy atom. The first kappa shape index (κ1) is 23.9. The molecule has 10 heteroatoms. The monoisotopic (exact) mass is 485 g/mol. The van der Waals surface area contributed by atoms with Gasteiger partial charge in [-0.05, 0) is 37.3 Å². The van der Waals surface area contributed by atoms with Gasteiger partial charge >= 0.3 is 5.97 Å². The van der Waals surface area contributed by atoms with Crippen LogP contribution < -0.4 is 4.98 Å². The Bertz CT molecular complexity index is 829. The van der Waals surface area contributed by atoms with E-state index in [0.29, 0.717) is 22.8 Å². The fourth-order valence-corrected chi connectivity index (χ4v) is 8.44. The molecule has 2 heterocycles. The van der Waals surface area contributed by atoms with E-state index in [1.54, 1.807) is 23.9 Å². The molecule has 4 atom stereocenters. The van der Waals surface area contributed by atoms with Crippen LogP contribution in [0.4, 0.5) is 0 Å². The number of hydrogen-bond donors (Lipinski definition) is 2. The smallest absolute Gasteiger partial charge is 0.321 e. The molecule has 0 spiro atoms. The van der Waals surface area contributed by atoms with E-state index in [-0.39, 0.29) is 28.3 Å². The van der Waals surface area contributed by atoms with Gasteiger partial charge in [-0.2, -0.15) is 11.8 Å². The zero-order valence-electron chi connectivity index (χ0n) is 18.4. The summed E-state index contributed by atoms with van der Waals surface area (Å²) >= 11 is 2.89. The van der Waals surface area contributed by atoms with Crippen LogP contribution in [0.5, 0.6) is 0 Å². The molecule has 6 nitrogen and oxygen atoms in total. The molecule has 1 aliphatic heterocycles. The van der Waals surface area contributed by atoms with Gasteiger partial charge in [-0.3, -0.25) is 4.79 Å². The van der Waals surface area contributed by atoms with Gasteiger partial charge in [0.25, 0.3) is 5.12 Å². The van der Waals surface area contributed by atoms with Gasteiger partial charge in [0, 0.05) is 34.3 Å². The maximum Gasteiger partial charge on any atom is 0.321 e. The summed E-state index contributed by atoms with van der Waals surface area (Å²) in [5, 5.41) is 10.9. The maximum absolute atomic E-state index is 13.1. The topological polar surface area (TPSA) is 88.8 Å². The number of nitrogens with one attached hydrogen (secondary N) is 1. The van der Waals surface area contributed by atoms with Crippen molar-refractivity contribution in [3.8, 4) is 0 Å². The molecular weight excluding hydrogens is 455 g/mol. The number of thioether (sulfide) groups is 2. The van der Waals surface area contributed by atoms with Crippen molar-refractivity contribution in [2.24, 2.45) is 5.92 Å². The van der Waals surface area contributed by atoms with Crippen molar-refractivity contribution in [1.82, 2.24) is 4.98 Å². The van der Waals surface area contributed by atoms with Crippen molar-refractivity contribution in [3.05, 3.63) is 35.3 Å². The van der Waals surface area contributed by atoms with Crippen LogP contribution in [0.3, 0.4) is 0 Å². The van der Waals surface area contributed by atoms with Gasteiger partial charge in [0.05, 0.1) is 12.4 Å². The SMILES string of the molecule is C[Si](C)(C)NC1C(O)C2C(C(=O)O[Si](C)(C)C)=C(CSC(=O)c3ccco3)CSC12. The molecular formula is C20H31NO5S2Si2. The lowest BCUT2D eigenvalue weighted by Gasteiger charge is -2.54. The minimum atomic E-state index is -2.10. The van der Waals surface area contributed by atoms with E-state index < -0.39 is 22.7 Å². The highest BCUT2D eigenvalue weighted by atomic mass is 32.2. The van der Waals surface area contributed by atoms with Crippen LogP contribution in [-0.2, 0) is 9.22 Å². The normalized spacial score (nSPS) is 26.8. The van der Waals surface area contributed by atoms with Gasteiger partial charge in [0.2, 0.25) is 8.32 Å². The molecule has 0 amide bonds. The van der Waals surface area contributed by atoms with E-state index in [1.807, 2.05) is 19.6 Å². The molecule has 0 bridgehead atoms. The van der Waals surface area contributed by atoms with Crippen molar-refractivity contribution in [2.45, 2.75) is 56.7 Å². The summed E-state index contributed by atoms with van der Waals surface area (Å²) < 4.78 is 11.0. The first-order chi connectivity index (χ1) is 13.9. The molecule has 1 fully saturated rings. The van der Waals surface area contributed by atoms with Gasteiger partial charge in [0.15, 0.2) is 5.76 Å². The van der Waals surface area contributed by atoms with Crippen LogP contribution in [0.15, 0.2) is 34.0 Å². The number of aliphatic hydroxyl groups is 1. The third-order valence-electron chi connectivity index (χ3n) is 4.93. The van der Waals surface area contributed by atoms with Crippen LogP contribution in [-0.4, -0.2) is 61.6 Å². The largest absolute Gasteiger partial charge is 0.517 e. The lowest BCUT2D eigenvalue weighted by atomic mass is 9.71. The van der Waals surface area contributed by atoms with Crippen LogP contribution in [0.25, 0.3) is 0 Å². The molecule has 30 heavy (non-hydrogen) atoms. The Hall–Kier alpha value is -0.786. The lowest BCUT2D eigenvalue weighted by molar-refractivity contribution is -0.133. The summed E-state index contributed by atoms with van der Waals surface area (Å²) in [5.41, 5.74) is 1.47. The van der Waals surface area contributed by atoms with Crippen LogP contribution in [0.2, 0.25) is 39.3 Å². The number of carbonyl (C=O) groups is 2. The number of carbonyl (C=O) groups excluding carboxylic acids is 2. The molecule has 1 aromatic heterocycles. The minimum absolute atomic E-state index is 0.0136. The van der Waals surface area contributed by atoms with E-state index in [0.717, 1.165) is 17.3 Å². The molecule has 1 saturated carbocycles. The standard InChI is InChI=1S/C20H31NO5S2Si2/c1-29(2,3)21-16-17(22)15-14(19(23)26-30(4,5)6)12(10-27-18(15)16)11-28-20(24)13-8-7-9-25-13/h7-9,15-18,21-22H,10-11H2,1-6H3. The van der Waals surface area contributed by atoms with E-state index in [1.165, 1.54) is 6.26 Å². The van der Waals surface area contributed by atoms with E-state index in [4.69, 9.17) is 8.84 Å². The average molecular weight is 486 g/mol. The Morgan fingerprint density at radius 1 is 1.30 bits per heavy atom. The molecule has 0 aromatic carbocycles. The quantitative estimate of drug-likeness (QED) is 0.565. The van der Waals surface area contributed by atoms with Gasteiger partial charge < -0.3 is 18.9 Å². The van der Waals surface area contributed by atoms with E-state index >= 15 is 0 Å². The van der Waals surface area contributed by atoms with Crippen LogP contribution in [0, 0.1) is 5.92 Å². The number of aliphatic hydroxyl groups excluding tert-OH is 1. The average Bonchev–Trinajstić information content (AvgIpc) is 3.16. The number of hydrogen-bond acceptors (Lipinski definition) is 8. The van der Waals surface area contributed by atoms with Crippen molar-refractivity contribution in [2.75, 3.05) is 11.5 Å². The van der Waals surface area contributed by atoms with Crippen molar-refractivity contribution >= 4 is 51.2 Å². The van der Waals surface area contributed by atoms with Gasteiger partial charge in [0.1, 0.15) is 8.24 Å². The maximum atomic E-state index is 13.1. The molecule has 0 radical (unpaired) electrons. The fourth-order valence-electron chi connectivity index (χ4n) is 3.76. The fraction of sp³-hybridized carbons (Fsp3) is 0.600. The van der Waals surface area contributed by atoms with Crippen LogP contribution >= 0.6 is 23.5 Å². The van der Waals surface area contributed by atoms with Crippen molar-refractivity contribution in [1.29, 1.82) is 0 Å². The Labute approximate surface area is 188 Å². The Morgan fingerprint density at radius 2 is 2.00 bits per heavy atom. The van der Waals surface area contributed by atoms with Gasteiger partial charge in [-0.1, -0.05) is 31.4 Å². The van der Waals surface area contributed by atoms with Gasteiger partial charge in [-0.15, -0.1) is 0 Å². The highest BCUT2D eigenvalue weighted by Gasteiger charge is 2.56. The first-order valence-corrected chi connectivity index (χ1v) is 19.0. The molecule has 2 N–H and O–H groups in total. The number of rotatable bonds is 7. The van der Waals surface area contributed by atoms with E-state index in [2.05, 4.69) is 24.6 Å². The number of fused-ring (bicyclic) bond motifs is 1. The van der Waals surface area contributed by atoms with Crippen LogP contribution in [0.1, 0.15) is 10.6 Å². The summed E-state index contributed by atoms with van der Waals surface area (Å²) in [5.74, 6) is 0.778. The summed E-state index contributed by atoms with van der Waals surface area (Å²) in [6, 6.07) is 3.31. The predicted octanol–water partition coefficient (Wildman–Crippen LogP) is 3.73. The minimum Gasteiger partial charge on any atom is -0.517 e. The lowest BCUT2D eigenvalue weighted by Crippen LogP contribution is -2.70. The number of furan rings is 1.